The van der Waals surface area contributed by atoms with E-state index in [9.17, 15) is 0 Å². The van der Waals surface area contributed by atoms with Gasteiger partial charge in [-0.15, -0.1) is 0 Å². The van der Waals surface area contributed by atoms with Crippen molar-refractivity contribution in [1.29, 1.82) is 0 Å². The average Bonchev–Trinajstić information content (AvgIpc) is 2.73. The van der Waals surface area contributed by atoms with Crippen LogP contribution in [-0.2, 0) is 0 Å². The van der Waals surface area contributed by atoms with Crippen LogP contribution >= 0.6 is 0 Å². The third kappa shape index (κ3) is 1.18. The van der Waals surface area contributed by atoms with Crippen LogP contribution in [0, 0.1) is 0 Å². The van der Waals surface area contributed by atoms with Gasteiger partial charge < -0.3 is 4.98 Å². The van der Waals surface area contributed by atoms with E-state index in [2.05, 4.69) is 46.4 Å². The molecule has 0 amide bonds. The van der Waals surface area contributed by atoms with Crippen LogP contribution in [0.1, 0.15) is 0 Å². The summed E-state index contributed by atoms with van der Waals surface area (Å²) in [5, 5.41) is 4.96. The van der Waals surface area contributed by atoms with Crippen molar-refractivity contribution in [3.63, 3.8) is 0 Å². The molecule has 0 aliphatic carbocycles. The predicted molar refractivity (Wildman–Crippen MR) is 71.1 cm³/mol. The van der Waals surface area contributed by atoms with Crippen molar-refractivity contribution in [1.82, 2.24) is 9.97 Å². The number of nitrogens with one attached hydrogen (secondary N) is 1. The van der Waals surface area contributed by atoms with Crippen LogP contribution in [0.15, 0.2) is 54.9 Å². The highest BCUT2D eigenvalue weighted by atomic mass is 14.7. The molecular weight excluding hydrogens is 208 g/mol. The van der Waals surface area contributed by atoms with E-state index in [1.54, 1.807) is 0 Å². The second kappa shape index (κ2) is 3.08. The molecule has 1 N–H and O–H groups in total. The van der Waals surface area contributed by atoms with Gasteiger partial charge in [-0.05, 0) is 29.0 Å². The van der Waals surface area contributed by atoms with Crippen molar-refractivity contribution in [3.8, 4) is 0 Å². The first-order chi connectivity index (χ1) is 8.42. The van der Waals surface area contributed by atoms with Crippen molar-refractivity contribution in [2.75, 3.05) is 0 Å². The summed E-state index contributed by atoms with van der Waals surface area (Å²) in [6, 6.07) is 14.9. The third-order valence-corrected chi connectivity index (χ3v) is 3.27. The molecule has 0 bridgehead atoms. The SMILES string of the molecule is c1ccc2cc3c(cc2c1)[nH]c1ccncc13. The number of fused-ring (bicyclic) bond motifs is 4. The van der Waals surface area contributed by atoms with Crippen molar-refractivity contribution < 1.29 is 0 Å². The minimum absolute atomic E-state index is 1.14. The molecule has 4 aromatic rings. The normalized spacial score (nSPS) is 11.5. The van der Waals surface area contributed by atoms with Crippen molar-refractivity contribution in [2.24, 2.45) is 0 Å². The molecule has 2 nitrogen and oxygen atoms in total. The second-order valence-electron chi connectivity index (χ2n) is 4.29. The van der Waals surface area contributed by atoms with E-state index in [0.29, 0.717) is 0 Å². The molecule has 0 fully saturated rings. The third-order valence-electron chi connectivity index (χ3n) is 3.27. The van der Waals surface area contributed by atoms with Crippen LogP contribution in [0.25, 0.3) is 32.6 Å². The number of H-pyrrole nitrogens is 1. The molecule has 0 radical (unpaired) electrons. The molecule has 2 aromatic carbocycles. The van der Waals surface area contributed by atoms with Gasteiger partial charge >= 0.3 is 0 Å². The topological polar surface area (TPSA) is 28.7 Å². The highest BCUT2D eigenvalue weighted by Crippen LogP contribution is 2.28. The molecule has 80 valence electrons. The number of hydrogen-bond acceptors (Lipinski definition) is 1. The zero-order valence-electron chi connectivity index (χ0n) is 9.14. The standard InChI is InChI=1S/C15H10N2/c1-2-4-11-8-15-12(7-10(11)3-1)13-9-16-6-5-14(13)17-15/h1-9,17H. The number of benzene rings is 2. The van der Waals surface area contributed by atoms with Crippen molar-refractivity contribution >= 4 is 32.6 Å². The lowest BCUT2D eigenvalue weighted by atomic mass is 10.1. The summed E-state index contributed by atoms with van der Waals surface area (Å²) in [6.45, 7) is 0. The molecule has 2 heteroatoms. The Balaban J connectivity index is 2.28. The van der Waals surface area contributed by atoms with Gasteiger partial charge in [0, 0.05) is 34.2 Å². The van der Waals surface area contributed by atoms with Gasteiger partial charge in [-0.3, -0.25) is 4.98 Å². The quantitative estimate of drug-likeness (QED) is 0.477. The minimum atomic E-state index is 1.14. The highest BCUT2D eigenvalue weighted by molar-refractivity contribution is 6.11. The maximum absolute atomic E-state index is 4.20. The lowest BCUT2D eigenvalue weighted by molar-refractivity contribution is 1.36. The first-order valence-electron chi connectivity index (χ1n) is 5.66. The monoisotopic (exact) mass is 218 g/mol. The molecule has 0 aliphatic heterocycles. The van der Waals surface area contributed by atoms with Gasteiger partial charge in [-0.25, -0.2) is 0 Å². The van der Waals surface area contributed by atoms with Crippen molar-refractivity contribution in [3.05, 3.63) is 54.9 Å². The van der Waals surface area contributed by atoms with E-state index in [1.807, 2.05) is 18.5 Å². The van der Waals surface area contributed by atoms with Gasteiger partial charge in [0.1, 0.15) is 0 Å². The fourth-order valence-corrected chi connectivity index (χ4v) is 2.43. The van der Waals surface area contributed by atoms with Crippen LogP contribution < -0.4 is 0 Å². The summed E-state index contributed by atoms with van der Waals surface area (Å²) in [6.07, 6.45) is 3.74. The Morgan fingerprint density at radius 3 is 2.53 bits per heavy atom. The second-order valence-corrected chi connectivity index (χ2v) is 4.29. The zero-order chi connectivity index (χ0) is 11.2. The molecule has 0 unspecified atom stereocenters. The van der Waals surface area contributed by atoms with E-state index >= 15 is 0 Å². The van der Waals surface area contributed by atoms with E-state index in [0.717, 1.165) is 5.52 Å². The minimum Gasteiger partial charge on any atom is -0.354 e. The summed E-state index contributed by atoms with van der Waals surface area (Å²) >= 11 is 0. The molecule has 2 heterocycles. The number of aromatic nitrogens is 2. The fourth-order valence-electron chi connectivity index (χ4n) is 2.43. The maximum atomic E-state index is 4.20. The van der Waals surface area contributed by atoms with Gasteiger partial charge in [0.25, 0.3) is 0 Å². The van der Waals surface area contributed by atoms with Gasteiger partial charge in [0.2, 0.25) is 0 Å². The summed E-state index contributed by atoms with van der Waals surface area (Å²) in [5.41, 5.74) is 2.32. The largest absolute Gasteiger partial charge is 0.354 e. The van der Waals surface area contributed by atoms with E-state index < -0.39 is 0 Å². The van der Waals surface area contributed by atoms with E-state index in [1.165, 1.54) is 27.1 Å². The number of aromatic amines is 1. The molecule has 0 saturated heterocycles. The average molecular weight is 218 g/mol. The Hall–Kier alpha value is -2.35. The summed E-state index contributed by atoms with van der Waals surface area (Å²) < 4.78 is 0. The van der Waals surface area contributed by atoms with Gasteiger partial charge in [-0.1, -0.05) is 24.3 Å². The number of pyridine rings is 1. The van der Waals surface area contributed by atoms with Crippen LogP contribution in [0.4, 0.5) is 0 Å². The van der Waals surface area contributed by atoms with Crippen LogP contribution in [-0.4, -0.2) is 9.97 Å². The summed E-state index contributed by atoms with van der Waals surface area (Å²) in [7, 11) is 0. The first kappa shape index (κ1) is 8.76. The van der Waals surface area contributed by atoms with Gasteiger partial charge in [-0.2, -0.15) is 0 Å². The maximum Gasteiger partial charge on any atom is 0.0495 e. The summed E-state index contributed by atoms with van der Waals surface area (Å²) in [4.78, 5) is 7.63. The lowest BCUT2D eigenvalue weighted by Gasteiger charge is -1.97. The first-order valence-corrected chi connectivity index (χ1v) is 5.66. The molecule has 2 aromatic heterocycles. The summed E-state index contributed by atoms with van der Waals surface area (Å²) in [5.74, 6) is 0. The van der Waals surface area contributed by atoms with Crippen LogP contribution in [0.3, 0.4) is 0 Å². The number of hydrogen-bond donors (Lipinski definition) is 1. The smallest absolute Gasteiger partial charge is 0.0495 e. The van der Waals surface area contributed by atoms with Crippen LogP contribution in [0.5, 0.6) is 0 Å². The van der Waals surface area contributed by atoms with E-state index in [-0.39, 0.29) is 0 Å². The molecule has 0 aliphatic rings. The van der Waals surface area contributed by atoms with Crippen LogP contribution in [0.2, 0.25) is 0 Å². The molecule has 0 atom stereocenters. The number of rotatable bonds is 0. The Morgan fingerprint density at radius 1 is 0.824 bits per heavy atom. The Labute approximate surface area is 97.9 Å². The highest BCUT2D eigenvalue weighted by Gasteiger charge is 2.04. The predicted octanol–water partition coefficient (Wildman–Crippen LogP) is 3.87. The number of nitrogens with zero attached hydrogens (tertiary/aromatic N) is 1. The Bertz CT molecular complexity index is 837. The molecule has 4 rings (SSSR count). The molecule has 0 spiro atoms. The molecule has 17 heavy (non-hydrogen) atoms. The molecule has 0 saturated carbocycles. The zero-order valence-corrected chi connectivity index (χ0v) is 9.14. The molecular formula is C15H10N2. The fraction of sp³-hybridized carbons (Fsp3) is 0. The lowest BCUT2D eigenvalue weighted by Crippen LogP contribution is -1.73. The van der Waals surface area contributed by atoms with E-state index in [4.69, 9.17) is 0 Å². The van der Waals surface area contributed by atoms with Crippen molar-refractivity contribution in [2.45, 2.75) is 0 Å². The Kier molecular flexibility index (Phi) is 1.59. The van der Waals surface area contributed by atoms with Gasteiger partial charge in [0.05, 0.1) is 0 Å². The van der Waals surface area contributed by atoms with Gasteiger partial charge in [0.15, 0.2) is 0 Å². The Morgan fingerprint density at radius 2 is 1.65 bits per heavy atom.